The highest BCUT2D eigenvalue weighted by Crippen LogP contribution is 2.30. The van der Waals surface area contributed by atoms with Gasteiger partial charge in [0.2, 0.25) is 0 Å². The zero-order valence-electron chi connectivity index (χ0n) is 16.3. The van der Waals surface area contributed by atoms with E-state index in [4.69, 9.17) is 5.41 Å². The molecule has 0 aromatic heterocycles. The van der Waals surface area contributed by atoms with Crippen molar-refractivity contribution in [3.05, 3.63) is 0 Å². The molecule has 140 valence electrons. The highest BCUT2D eigenvalue weighted by atomic mass is 15.3. The summed E-state index contributed by atoms with van der Waals surface area (Å²) in [4.78, 5) is 2.52. The third-order valence-electron chi connectivity index (χ3n) is 6.30. The number of unbranched alkanes of at least 4 members (excludes halogenated alkanes) is 1. The van der Waals surface area contributed by atoms with Crippen LogP contribution < -0.4 is 5.32 Å². The molecular weight excluding hydrogens is 294 g/mol. The van der Waals surface area contributed by atoms with E-state index >= 15 is 0 Å². The van der Waals surface area contributed by atoms with Crippen molar-refractivity contribution in [1.29, 1.82) is 5.41 Å². The Labute approximate surface area is 150 Å². The molecule has 0 aromatic rings. The molecule has 3 nitrogen and oxygen atoms in total. The fraction of sp³-hybridized carbons (Fsp3) is 0.952. The average molecular weight is 336 g/mol. The summed E-state index contributed by atoms with van der Waals surface area (Å²) in [5.74, 6) is 1.47. The van der Waals surface area contributed by atoms with Crippen LogP contribution in [-0.2, 0) is 0 Å². The third kappa shape index (κ3) is 5.97. The van der Waals surface area contributed by atoms with Crippen LogP contribution in [0.5, 0.6) is 0 Å². The monoisotopic (exact) mass is 335 g/mol. The second kappa shape index (κ2) is 11.0. The van der Waals surface area contributed by atoms with Crippen LogP contribution in [-0.4, -0.2) is 29.5 Å². The van der Waals surface area contributed by atoms with Crippen molar-refractivity contribution < 1.29 is 0 Å². The molecule has 1 unspecified atom stereocenters. The molecule has 2 aliphatic carbocycles. The van der Waals surface area contributed by atoms with Gasteiger partial charge in [-0.15, -0.1) is 0 Å². The fourth-order valence-corrected chi connectivity index (χ4v) is 4.66. The Morgan fingerprint density at radius 3 is 1.96 bits per heavy atom. The Morgan fingerprint density at radius 2 is 1.50 bits per heavy atom. The quantitative estimate of drug-likeness (QED) is 0.441. The first-order chi connectivity index (χ1) is 11.8. The Balaban J connectivity index is 1.92. The van der Waals surface area contributed by atoms with E-state index in [0.29, 0.717) is 12.1 Å². The minimum atomic E-state index is 0.623. The molecular formula is C21H41N3. The van der Waals surface area contributed by atoms with Crippen LogP contribution in [0.4, 0.5) is 0 Å². The lowest BCUT2D eigenvalue weighted by atomic mass is 9.89. The summed E-state index contributed by atoms with van der Waals surface area (Å²) in [6, 6.07) is 1.25. The van der Waals surface area contributed by atoms with Gasteiger partial charge in [-0.1, -0.05) is 71.6 Å². The Kier molecular flexibility index (Phi) is 8.98. The largest absolute Gasteiger partial charge is 0.356 e. The molecule has 0 amide bonds. The van der Waals surface area contributed by atoms with Crippen molar-refractivity contribution in [3.63, 3.8) is 0 Å². The van der Waals surface area contributed by atoms with E-state index in [1.54, 1.807) is 0 Å². The number of hydrogen-bond acceptors (Lipinski definition) is 1. The van der Waals surface area contributed by atoms with Crippen LogP contribution in [0.2, 0.25) is 0 Å². The summed E-state index contributed by atoms with van der Waals surface area (Å²) in [6.07, 6.45) is 18.5. The van der Waals surface area contributed by atoms with Crippen molar-refractivity contribution in [2.24, 2.45) is 5.92 Å². The van der Waals surface area contributed by atoms with Crippen LogP contribution in [0.15, 0.2) is 0 Å². The topological polar surface area (TPSA) is 39.1 Å². The molecule has 0 heterocycles. The second-order valence-electron chi connectivity index (χ2n) is 8.14. The molecule has 2 rings (SSSR count). The minimum Gasteiger partial charge on any atom is -0.356 e. The van der Waals surface area contributed by atoms with Crippen LogP contribution >= 0.6 is 0 Å². The maximum absolute atomic E-state index is 8.78. The zero-order chi connectivity index (χ0) is 17.2. The molecule has 0 saturated heterocycles. The summed E-state index contributed by atoms with van der Waals surface area (Å²) < 4.78 is 0. The third-order valence-corrected chi connectivity index (χ3v) is 6.30. The Bertz CT molecular complexity index is 325. The lowest BCUT2D eigenvalue weighted by molar-refractivity contribution is 0.151. The molecule has 2 fully saturated rings. The van der Waals surface area contributed by atoms with Crippen molar-refractivity contribution >= 4 is 5.96 Å². The molecule has 0 spiro atoms. The lowest BCUT2D eigenvalue weighted by Crippen LogP contribution is -2.53. The first-order valence-electron chi connectivity index (χ1n) is 10.9. The molecule has 3 heteroatoms. The van der Waals surface area contributed by atoms with Gasteiger partial charge in [-0.3, -0.25) is 5.41 Å². The van der Waals surface area contributed by atoms with E-state index in [2.05, 4.69) is 24.1 Å². The van der Waals surface area contributed by atoms with Gasteiger partial charge in [-0.25, -0.2) is 0 Å². The average Bonchev–Trinajstić information content (AvgIpc) is 2.64. The van der Waals surface area contributed by atoms with Crippen molar-refractivity contribution in [1.82, 2.24) is 10.2 Å². The molecule has 2 saturated carbocycles. The highest BCUT2D eigenvalue weighted by molar-refractivity contribution is 5.77. The van der Waals surface area contributed by atoms with Crippen LogP contribution in [0.1, 0.15) is 104 Å². The van der Waals surface area contributed by atoms with Crippen LogP contribution in [0.3, 0.4) is 0 Å². The predicted molar refractivity (Wildman–Crippen MR) is 105 cm³/mol. The predicted octanol–water partition coefficient (Wildman–Crippen LogP) is 5.69. The Hall–Kier alpha value is -0.730. The van der Waals surface area contributed by atoms with E-state index in [9.17, 15) is 0 Å². The standard InChI is InChI=1S/C21H41N3/c1-3-5-12-18(4-2)17-23-21(22)24(19-13-8-6-9-14-19)20-15-10-7-11-16-20/h18-20H,3-17H2,1-2H3,(H2,22,23). The number of rotatable bonds is 8. The first kappa shape index (κ1) is 19.6. The Morgan fingerprint density at radius 1 is 0.958 bits per heavy atom. The van der Waals surface area contributed by atoms with Gasteiger partial charge in [-0.05, 0) is 38.0 Å². The summed E-state index contributed by atoms with van der Waals surface area (Å²) in [6.45, 7) is 5.56. The molecule has 2 aliphatic rings. The van der Waals surface area contributed by atoms with Gasteiger partial charge in [-0.2, -0.15) is 0 Å². The van der Waals surface area contributed by atoms with Gasteiger partial charge < -0.3 is 10.2 Å². The van der Waals surface area contributed by atoms with Crippen LogP contribution in [0, 0.1) is 11.3 Å². The van der Waals surface area contributed by atoms with E-state index < -0.39 is 0 Å². The first-order valence-corrected chi connectivity index (χ1v) is 10.9. The smallest absolute Gasteiger partial charge is 0.191 e. The van der Waals surface area contributed by atoms with E-state index in [0.717, 1.165) is 18.4 Å². The SMILES string of the molecule is CCCCC(CC)CNC(=N)N(C1CCCCC1)C1CCCCC1. The van der Waals surface area contributed by atoms with Gasteiger partial charge in [0, 0.05) is 18.6 Å². The summed E-state index contributed by atoms with van der Waals surface area (Å²) >= 11 is 0. The van der Waals surface area contributed by atoms with E-state index in [1.165, 1.54) is 89.9 Å². The minimum absolute atomic E-state index is 0.623. The second-order valence-corrected chi connectivity index (χ2v) is 8.14. The maximum atomic E-state index is 8.78. The molecule has 0 radical (unpaired) electrons. The molecule has 24 heavy (non-hydrogen) atoms. The summed E-state index contributed by atoms with van der Waals surface area (Å²) in [7, 11) is 0. The molecule has 1 atom stereocenters. The number of guanidine groups is 1. The van der Waals surface area contributed by atoms with E-state index in [1.807, 2.05) is 0 Å². The summed E-state index contributed by atoms with van der Waals surface area (Å²) in [5.41, 5.74) is 0. The maximum Gasteiger partial charge on any atom is 0.191 e. The fourth-order valence-electron chi connectivity index (χ4n) is 4.66. The zero-order valence-corrected chi connectivity index (χ0v) is 16.3. The van der Waals surface area contributed by atoms with Gasteiger partial charge in [0.15, 0.2) is 5.96 Å². The lowest BCUT2D eigenvalue weighted by Gasteiger charge is -2.43. The number of nitrogens with zero attached hydrogens (tertiary/aromatic N) is 1. The van der Waals surface area contributed by atoms with Crippen molar-refractivity contribution in [3.8, 4) is 0 Å². The summed E-state index contributed by atoms with van der Waals surface area (Å²) in [5, 5.41) is 12.3. The van der Waals surface area contributed by atoms with Crippen LogP contribution in [0.25, 0.3) is 0 Å². The van der Waals surface area contributed by atoms with Crippen molar-refractivity contribution in [2.45, 2.75) is 116 Å². The molecule has 0 bridgehead atoms. The molecule has 0 aliphatic heterocycles. The molecule has 0 aromatic carbocycles. The van der Waals surface area contributed by atoms with Crippen molar-refractivity contribution in [2.75, 3.05) is 6.54 Å². The normalized spacial score (nSPS) is 21.4. The van der Waals surface area contributed by atoms with Gasteiger partial charge >= 0.3 is 0 Å². The van der Waals surface area contributed by atoms with E-state index in [-0.39, 0.29) is 0 Å². The molecule has 2 N–H and O–H groups in total. The van der Waals surface area contributed by atoms with Gasteiger partial charge in [0.25, 0.3) is 0 Å². The van der Waals surface area contributed by atoms with Gasteiger partial charge in [0.05, 0.1) is 0 Å². The highest BCUT2D eigenvalue weighted by Gasteiger charge is 2.30. The number of nitrogens with one attached hydrogen (secondary N) is 2. The number of hydrogen-bond donors (Lipinski definition) is 2. The van der Waals surface area contributed by atoms with Gasteiger partial charge in [0.1, 0.15) is 0 Å².